The highest BCUT2D eigenvalue weighted by atomic mass is 35.5. The fourth-order valence-electron chi connectivity index (χ4n) is 5.10. The molecular weight excluding hydrogens is 587 g/mol. The smallest absolute Gasteiger partial charge is 0.430 e. The lowest BCUT2D eigenvalue weighted by Crippen LogP contribution is -2.57. The van der Waals surface area contributed by atoms with Crippen LogP contribution in [-0.4, -0.2) is 73.3 Å². The predicted molar refractivity (Wildman–Crippen MR) is 146 cm³/mol. The molecule has 0 spiro atoms. The first-order valence-corrected chi connectivity index (χ1v) is 13.7. The number of halogens is 6. The van der Waals surface area contributed by atoms with E-state index < -0.39 is 41.7 Å². The summed E-state index contributed by atoms with van der Waals surface area (Å²) in [6.45, 7) is 1.48. The average Bonchev–Trinajstić information content (AvgIpc) is 2.91. The normalized spacial score (nSPS) is 16.9. The summed E-state index contributed by atoms with van der Waals surface area (Å²) in [5, 5.41) is 10.7. The highest BCUT2D eigenvalue weighted by Crippen LogP contribution is 2.42. The molecule has 2 aromatic carbocycles. The predicted octanol–water partition coefficient (Wildman–Crippen LogP) is 6.13. The maximum atomic E-state index is 14.7. The number of rotatable bonds is 10. The maximum absolute atomic E-state index is 14.7. The van der Waals surface area contributed by atoms with E-state index in [-0.39, 0.29) is 59.8 Å². The Bertz CT molecular complexity index is 1270. The van der Waals surface area contributed by atoms with Crippen LogP contribution in [0.3, 0.4) is 0 Å². The fraction of sp³-hybridized carbons (Fsp3) is 0.517. The van der Waals surface area contributed by atoms with Crippen molar-refractivity contribution < 1.29 is 46.1 Å². The molecule has 0 bridgehead atoms. The first-order valence-electron chi connectivity index (χ1n) is 13.3. The van der Waals surface area contributed by atoms with E-state index in [1.54, 1.807) is 6.92 Å². The van der Waals surface area contributed by atoms with E-state index in [1.165, 1.54) is 50.4 Å². The molecule has 0 saturated carbocycles. The molecule has 0 aromatic heterocycles. The second-order valence-corrected chi connectivity index (χ2v) is 11.2. The number of likely N-dealkylation sites (tertiary alicyclic amines) is 1. The molecule has 0 aliphatic carbocycles. The summed E-state index contributed by atoms with van der Waals surface area (Å²) < 4.78 is 81.4. The summed E-state index contributed by atoms with van der Waals surface area (Å²) in [6.07, 6.45) is -8.58. The monoisotopic (exact) mass is 620 g/mol. The van der Waals surface area contributed by atoms with Crippen molar-refractivity contribution in [2.75, 3.05) is 34.3 Å². The Hall–Kier alpha value is -3.12. The van der Waals surface area contributed by atoms with Gasteiger partial charge in [-0.05, 0) is 61.4 Å². The zero-order chi connectivity index (χ0) is 31.5. The number of piperidine rings is 1. The molecule has 7 nitrogen and oxygen atoms in total. The minimum Gasteiger partial charge on any atom is -0.497 e. The maximum Gasteiger partial charge on any atom is 0.430 e. The van der Waals surface area contributed by atoms with E-state index in [0.29, 0.717) is 6.42 Å². The number of alkyl halides is 5. The molecule has 42 heavy (non-hydrogen) atoms. The molecule has 2 atom stereocenters. The van der Waals surface area contributed by atoms with Crippen LogP contribution in [0.4, 0.5) is 22.0 Å². The Kier molecular flexibility index (Phi) is 10.4. The fourth-order valence-corrected chi connectivity index (χ4v) is 5.35. The van der Waals surface area contributed by atoms with E-state index >= 15 is 0 Å². The highest BCUT2D eigenvalue weighted by molar-refractivity contribution is 6.34. The quantitative estimate of drug-likeness (QED) is 0.324. The van der Waals surface area contributed by atoms with Gasteiger partial charge in [-0.25, -0.2) is 0 Å². The number of hydrogen-bond donors (Lipinski definition) is 1. The lowest BCUT2D eigenvalue weighted by molar-refractivity contribution is -0.262. The van der Waals surface area contributed by atoms with Gasteiger partial charge in [0.2, 0.25) is 0 Å². The standard InChI is InChI=1S/C29H34ClF5N2O5/c1-18(17-27(31,32)42-22-8-9-23(24(30)16-22)25(38)36(2)3)14-19-10-12-37(13-11-19)26(39)28(40,29(33,34)35)20-6-5-7-21(15-20)41-4/h5-9,15-16,18-19,40H,10-14,17H2,1-4H3/t18?,28-/m1/s1. The van der Waals surface area contributed by atoms with Crippen LogP contribution in [0.1, 0.15) is 48.5 Å². The van der Waals surface area contributed by atoms with Crippen LogP contribution in [0.25, 0.3) is 0 Å². The van der Waals surface area contributed by atoms with Gasteiger partial charge in [-0.15, -0.1) is 0 Å². The van der Waals surface area contributed by atoms with Gasteiger partial charge in [-0.2, -0.15) is 22.0 Å². The van der Waals surface area contributed by atoms with E-state index in [2.05, 4.69) is 0 Å². The number of hydrogen-bond acceptors (Lipinski definition) is 5. The van der Waals surface area contributed by atoms with E-state index in [0.717, 1.165) is 23.1 Å². The molecule has 13 heteroatoms. The lowest BCUT2D eigenvalue weighted by Gasteiger charge is -2.39. The average molecular weight is 621 g/mol. The molecule has 1 fully saturated rings. The summed E-state index contributed by atoms with van der Waals surface area (Å²) in [6, 6.07) is 8.32. The van der Waals surface area contributed by atoms with Crippen LogP contribution in [0.15, 0.2) is 42.5 Å². The summed E-state index contributed by atoms with van der Waals surface area (Å²) >= 11 is 6.08. The number of aliphatic hydroxyl groups is 1. The molecule has 1 aliphatic rings. The van der Waals surface area contributed by atoms with Crippen molar-refractivity contribution in [2.45, 2.75) is 50.5 Å². The van der Waals surface area contributed by atoms with Crippen LogP contribution in [0.2, 0.25) is 5.02 Å². The Morgan fingerprint density at radius 1 is 1.07 bits per heavy atom. The van der Waals surface area contributed by atoms with Crippen molar-refractivity contribution in [3.8, 4) is 11.5 Å². The third-order valence-corrected chi connectivity index (χ3v) is 7.59. The van der Waals surface area contributed by atoms with Gasteiger partial charge in [0.1, 0.15) is 11.5 Å². The Morgan fingerprint density at radius 3 is 2.26 bits per heavy atom. The number of carbonyl (C=O) groups excluding carboxylic acids is 2. The molecule has 1 unspecified atom stereocenters. The van der Waals surface area contributed by atoms with Crippen molar-refractivity contribution in [1.82, 2.24) is 9.80 Å². The second kappa shape index (κ2) is 13.0. The number of amides is 2. The molecule has 2 amide bonds. The molecule has 3 rings (SSSR count). The van der Waals surface area contributed by atoms with Crippen molar-refractivity contribution in [3.05, 3.63) is 58.6 Å². The van der Waals surface area contributed by atoms with Gasteiger partial charge in [0, 0.05) is 32.7 Å². The van der Waals surface area contributed by atoms with Gasteiger partial charge in [0.25, 0.3) is 17.4 Å². The topological polar surface area (TPSA) is 79.3 Å². The van der Waals surface area contributed by atoms with Gasteiger partial charge >= 0.3 is 12.3 Å². The molecule has 1 heterocycles. The Labute approximate surface area is 246 Å². The number of nitrogens with zero attached hydrogens (tertiary/aromatic N) is 2. The number of carbonyl (C=O) groups is 2. The van der Waals surface area contributed by atoms with Crippen molar-refractivity contribution in [3.63, 3.8) is 0 Å². The summed E-state index contributed by atoms with van der Waals surface area (Å²) in [7, 11) is 4.32. The molecule has 232 valence electrons. The Balaban J connectivity index is 1.59. The van der Waals surface area contributed by atoms with E-state index in [1.807, 2.05) is 0 Å². The third kappa shape index (κ3) is 7.63. The van der Waals surface area contributed by atoms with Crippen molar-refractivity contribution in [1.29, 1.82) is 0 Å². The largest absolute Gasteiger partial charge is 0.497 e. The van der Waals surface area contributed by atoms with Crippen LogP contribution < -0.4 is 9.47 Å². The molecular formula is C29H34ClF5N2O5. The zero-order valence-electron chi connectivity index (χ0n) is 23.7. The number of methoxy groups -OCH3 is 1. The summed E-state index contributed by atoms with van der Waals surface area (Å²) in [5.41, 5.74) is -4.27. The Morgan fingerprint density at radius 2 is 1.71 bits per heavy atom. The molecule has 1 aliphatic heterocycles. The van der Waals surface area contributed by atoms with Gasteiger partial charge in [0.15, 0.2) is 0 Å². The number of ether oxygens (including phenoxy) is 2. The van der Waals surface area contributed by atoms with Crippen LogP contribution in [0.5, 0.6) is 11.5 Å². The van der Waals surface area contributed by atoms with Gasteiger partial charge in [-0.1, -0.05) is 30.7 Å². The van der Waals surface area contributed by atoms with E-state index in [9.17, 15) is 36.6 Å². The summed E-state index contributed by atoms with van der Waals surface area (Å²) in [5.74, 6) is -2.68. The molecule has 1 N–H and O–H groups in total. The van der Waals surface area contributed by atoms with Gasteiger partial charge in [-0.3, -0.25) is 9.59 Å². The third-order valence-electron chi connectivity index (χ3n) is 7.28. The van der Waals surface area contributed by atoms with Gasteiger partial charge in [0.05, 0.1) is 24.1 Å². The first-order chi connectivity index (χ1) is 19.5. The van der Waals surface area contributed by atoms with Crippen LogP contribution in [-0.2, 0) is 10.4 Å². The summed E-state index contributed by atoms with van der Waals surface area (Å²) in [4.78, 5) is 27.4. The van der Waals surface area contributed by atoms with Crippen molar-refractivity contribution in [2.24, 2.45) is 11.8 Å². The minimum absolute atomic E-state index is 0.0276. The van der Waals surface area contributed by atoms with Crippen LogP contribution >= 0.6 is 11.6 Å². The SMILES string of the molecule is COc1cccc([C@@](O)(C(=O)N2CCC(CC(C)CC(F)(F)Oc3ccc(C(=O)N(C)C)c(Cl)c3)CC2)C(F)(F)F)c1. The first kappa shape index (κ1) is 33.4. The zero-order valence-corrected chi connectivity index (χ0v) is 24.4. The minimum atomic E-state index is -5.29. The van der Waals surface area contributed by atoms with Crippen LogP contribution in [0, 0.1) is 11.8 Å². The van der Waals surface area contributed by atoms with Gasteiger partial charge < -0.3 is 24.4 Å². The molecule has 2 aromatic rings. The molecule has 1 saturated heterocycles. The lowest BCUT2D eigenvalue weighted by atomic mass is 9.85. The second-order valence-electron chi connectivity index (χ2n) is 10.8. The number of benzene rings is 2. The van der Waals surface area contributed by atoms with Crippen molar-refractivity contribution >= 4 is 23.4 Å². The highest BCUT2D eigenvalue weighted by Gasteiger charge is 2.62. The van der Waals surface area contributed by atoms with E-state index in [4.69, 9.17) is 21.1 Å². The molecule has 0 radical (unpaired) electrons.